The summed E-state index contributed by atoms with van der Waals surface area (Å²) in [6, 6.07) is 0. The van der Waals surface area contributed by atoms with Crippen LogP contribution in [0.4, 0.5) is 0 Å². The van der Waals surface area contributed by atoms with E-state index < -0.39 is 10.1 Å². The molecule has 1 fully saturated rings. The highest BCUT2D eigenvalue weighted by Gasteiger charge is 2.20. The summed E-state index contributed by atoms with van der Waals surface area (Å²) in [5.41, 5.74) is 0. The fraction of sp³-hybridized carbons (Fsp3) is 1.00. The molecule has 1 aliphatic heterocycles. The first-order valence-electron chi connectivity index (χ1n) is 5.31. The summed E-state index contributed by atoms with van der Waals surface area (Å²) in [5.74, 6) is 0.150. The van der Waals surface area contributed by atoms with E-state index in [0.29, 0.717) is 6.42 Å². The van der Waals surface area contributed by atoms with Crippen molar-refractivity contribution >= 4 is 10.1 Å². The second-order valence-electron chi connectivity index (χ2n) is 3.68. The van der Waals surface area contributed by atoms with Crippen molar-refractivity contribution in [2.75, 3.05) is 18.8 Å². The molecular formula is C9H19NO3S. The van der Waals surface area contributed by atoms with Gasteiger partial charge in [-0.1, -0.05) is 19.8 Å². The van der Waals surface area contributed by atoms with Gasteiger partial charge in [0.1, 0.15) is 0 Å². The fourth-order valence-electron chi connectivity index (χ4n) is 1.49. The van der Waals surface area contributed by atoms with Crippen molar-refractivity contribution in [1.82, 2.24) is 5.06 Å². The van der Waals surface area contributed by atoms with Gasteiger partial charge in [0.15, 0.2) is 0 Å². The van der Waals surface area contributed by atoms with E-state index in [1.165, 1.54) is 0 Å². The van der Waals surface area contributed by atoms with Crippen molar-refractivity contribution < 1.29 is 12.7 Å². The third kappa shape index (κ3) is 4.39. The lowest BCUT2D eigenvalue weighted by Gasteiger charge is -2.13. The van der Waals surface area contributed by atoms with Crippen LogP contribution in [0.1, 0.15) is 39.0 Å². The van der Waals surface area contributed by atoms with Crippen LogP contribution in [0.5, 0.6) is 0 Å². The van der Waals surface area contributed by atoms with Gasteiger partial charge in [0.2, 0.25) is 0 Å². The molecule has 0 bridgehead atoms. The number of hydroxylamine groups is 2. The molecule has 5 heteroatoms. The standard InChI is InChI=1S/C9H19NO3S/c1-2-3-6-9-14(11,12)13-10-7-4-5-8-10/h2-9H2,1H3. The monoisotopic (exact) mass is 221 g/mol. The van der Waals surface area contributed by atoms with E-state index in [0.717, 1.165) is 38.8 Å². The third-order valence-electron chi connectivity index (χ3n) is 2.28. The number of unbranched alkanes of at least 4 members (excludes halogenated alkanes) is 2. The van der Waals surface area contributed by atoms with Gasteiger partial charge in [-0.3, -0.25) is 0 Å². The van der Waals surface area contributed by atoms with Gasteiger partial charge < -0.3 is 0 Å². The molecule has 0 aromatic rings. The van der Waals surface area contributed by atoms with Crippen LogP contribution in [0.15, 0.2) is 0 Å². The van der Waals surface area contributed by atoms with Crippen molar-refractivity contribution in [2.24, 2.45) is 0 Å². The summed E-state index contributed by atoms with van der Waals surface area (Å²) in [6.45, 7) is 3.54. The summed E-state index contributed by atoms with van der Waals surface area (Å²) in [4.78, 5) is 0. The van der Waals surface area contributed by atoms with Gasteiger partial charge in [-0.05, 0) is 19.3 Å². The highest BCUT2D eigenvalue weighted by Crippen LogP contribution is 2.11. The van der Waals surface area contributed by atoms with Gasteiger partial charge in [-0.2, -0.15) is 17.8 Å². The Labute approximate surface area is 86.3 Å². The fourth-order valence-corrected chi connectivity index (χ4v) is 2.59. The average Bonchev–Trinajstić information content (AvgIpc) is 2.56. The number of rotatable bonds is 6. The number of hydrogen-bond acceptors (Lipinski definition) is 4. The Morgan fingerprint density at radius 3 is 2.43 bits per heavy atom. The molecule has 0 saturated carbocycles. The van der Waals surface area contributed by atoms with E-state index in [9.17, 15) is 8.42 Å². The zero-order valence-corrected chi connectivity index (χ0v) is 9.55. The number of nitrogens with zero attached hydrogens (tertiary/aromatic N) is 1. The van der Waals surface area contributed by atoms with Crippen LogP contribution < -0.4 is 0 Å². The zero-order chi connectivity index (χ0) is 10.4. The van der Waals surface area contributed by atoms with Crippen LogP contribution in [0, 0.1) is 0 Å². The Morgan fingerprint density at radius 2 is 1.86 bits per heavy atom. The Kier molecular flexibility index (Phi) is 4.84. The Bertz CT molecular complexity index is 245. The lowest BCUT2D eigenvalue weighted by atomic mass is 10.3. The molecule has 1 saturated heterocycles. The molecule has 4 nitrogen and oxygen atoms in total. The molecule has 0 aromatic carbocycles. The maximum Gasteiger partial charge on any atom is 0.283 e. The molecule has 1 rings (SSSR count). The molecule has 14 heavy (non-hydrogen) atoms. The van der Waals surface area contributed by atoms with Gasteiger partial charge in [-0.25, -0.2) is 0 Å². The molecule has 1 aliphatic rings. The molecule has 0 N–H and O–H groups in total. The third-order valence-corrected chi connectivity index (χ3v) is 3.51. The van der Waals surface area contributed by atoms with Crippen molar-refractivity contribution in [3.05, 3.63) is 0 Å². The van der Waals surface area contributed by atoms with E-state index in [4.69, 9.17) is 4.28 Å². The van der Waals surface area contributed by atoms with E-state index in [1.807, 2.05) is 6.92 Å². The first kappa shape index (κ1) is 11.9. The van der Waals surface area contributed by atoms with E-state index >= 15 is 0 Å². The highest BCUT2D eigenvalue weighted by atomic mass is 32.2. The summed E-state index contributed by atoms with van der Waals surface area (Å²) < 4.78 is 27.7. The molecule has 84 valence electrons. The van der Waals surface area contributed by atoms with Gasteiger partial charge in [-0.15, -0.1) is 0 Å². The topological polar surface area (TPSA) is 46.6 Å². The molecular weight excluding hydrogens is 202 g/mol. The van der Waals surface area contributed by atoms with E-state index in [2.05, 4.69) is 0 Å². The van der Waals surface area contributed by atoms with Crippen LogP contribution >= 0.6 is 0 Å². The Morgan fingerprint density at radius 1 is 1.21 bits per heavy atom. The Hall–Kier alpha value is -0.130. The molecule has 0 aromatic heterocycles. The molecule has 0 spiro atoms. The predicted molar refractivity (Wildman–Crippen MR) is 55.2 cm³/mol. The quantitative estimate of drug-likeness (QED) is 0.638. The van der Waals surface area contributed by atoms with Crippen LogP contribution in [-0.2, 0) is 14.4 Å². The largest absolute Gasteiger partial charge is 0.283 e. The van der Waals surface area contributed by atoms with Crippen molar-refractivity contribution in [3.8, 4) is 0 Å². The second kappa shape index (κ2) is 5.68. The van der Waals surface area contributed by atoms with Crippen LogP contribution in [-0.4, -0.2) is 32.3 Å². The highest BCUT2D eigenvalue weighted by molar-refractivity contribution is 7.86. The van der Waals surface area contributed by atoms with Gasteiger partial charge in [0.05, 0.1) is 5.75 Å². The average molecular weight is 221 g/mol. The first-order valence-corrected chi connectivity index (χ1v) is 6.89. The van der Waals surface area contributed by atoms with Crippen molar-refractivity contribution in [2.45, 2.75) is 39.0 Å². The lowest BCUT2D eigenvalue weighted by molar-refractivity contribution is -0.0269. The summed E-state index contributed by atoms with van der Waals surface area (Å²) >= 11 is 0. The van der Waals surface area contributed by atoms with Crippen LogP contribution in [0.2, 0.25) is 0 Å². The molecule has 0 radical (unpaired) electrons. The van der Waals surface area contributed by atoms with Crippen LogP contribution in [0.3, 0.4) is 0 Å². The second-order valence-corrected chi connectivity index (χ2v) is 5.35. The zero-order valence-electron chi connectivity index (χ0n) is 8.74. The van der Waals surface area contributed by atoms with Crippen molar-refractivity contribution in [1.29, 1.82) is 0 Å². The molecule has 0 atom stereocenters. The molecule has 0 amide bonds. The van der Waals surface area contributed by atoms with E-state index in [1.54, 1.807) is 5.06 Å². The first-order chi connectivity index (χ1) is 6.64. The van der Waals surface area contributed by atoms with Gasteiger partial charge in [0.25, 0.3) is 10.1 Å². The lowest BCUT2D eigenvalue weighted by Crippen LogP contribution is -2.25. The molecule has 0 unspecified atom stereocenters. The maximum absolute atomic E-state index is 11.4. The number of hydrogen-bond donors (Lipinski definition) is 0. The Balaban J connectivity index is 2.26. The smallest absolute Gasteiger partial charge is 0.198 e. The van der Waals surface area contributed by atoms with Crippen LogP contribution in [0.25, 0.3) is 0 Å². The molecule has 1 heterocycles. The predicted octanol–water partition coefficient (Wildman–Crippen LogP) is 1.53. The van der Waals surface area contributed by atoms with Gasteiger partial charge in [0, 0.05) is 13.1 Å². The summed E-state index contributed by atoms with van der Waals surface area (Å²) in [6.07, 6.45) is 4.74. The maximum atomic E-state index is 11.4. The minimum atomic E-state index is -3.31. The summed E-state index contributed by atoms with van der Waals surface area (Å²) in [7, 11) is -3.31. The minimum absolute atomic E-state index is 0.150. The molecule has 0 aliphatic carbocycles. The summed E-state index contributed by atoms with van der Waals surface area (Å²) in [5, 5.41) is 1.56. The normalized spacial score (nSPS) is 18.9. The SMILES string of the molecule is CCCCCS(=O)(=O)ON1CCCC1. The van der Waals surface area contributed by atoms with E-state index in [-0.39, 0.29) is 5.75 Å². The van der Waals surface area contributed by atoms with Gasteiger partial charge >= 0.3 is 0 Å². The van der Waals surface area contributed by atoms with Crippen molar-refractivity contribution in [3.63, 3.8) is 0 Å². The minimum Gasteiger partial charge on any atom is -0.198 e.